The zero-order valence-electron chi connectivity index (χ0n) is 12.8. The fraction of sp³-hybridized carbons (Fsp3) is 0.429. The second-order valence-corrected chi connectivity index (χ2v) is 5.89. The number of imidazole rings is 1. The monoisotopic (exact) mass is 349 g/mol. The Kier molecular flexibility index (Phi) is 3.65. The lowest BCUT2D eigenvalue weighted by atomic mass is 10.1. The van der Waals surface area contributed by atoms with E-state index in [1.165, 1.54) is 6.20 Å². The number of aliphatic hydroxyl groups is 3. The number of aromatic amines is 1. The molecule has 0 bridgehead atoms. The fourth-order valence-corrected chi connectivity index (χ4v) is 3.03. The Morgan fingerprint density at radius 1 is 1.40 bits per heavy atom. The van der Waals surface area contributed by atoms with Crippen molar-refractivity contribution in [3.05, 3.63) is 33.1 Å². The van der Waals surface area contributed by atoms with Gasteiger partial charge in [0.25, 0.3) is 0 Å². The summed E-state index contributed by atoms with van der Waals surface area (Å²) >= 11 is 0. The summed E-state index contributed by atoms with van der Waals surface area (Å²) in [4.78, 5) is 35.8. The number of rotatable bonds is 3. The molecule has 4 atom stereocenters. The number of aldehydes is 1. The van der Waals surface area contributed by atoms with E-state index in [0.717, 1.165) is 4.57 Å². The van der Waals surface area contributed by atoms with Crippen LogP contribution < -0.4 is 16.5 Å². The Labute approximate surface area is 139 Å². The molecule has 1 aromatic rings. The molecule has 1 fully saturated rings. The lowest BCUT2D eigenvalue weighted by molar-refractivity contribution is -0.105. The number of fused-ring (bicyclic) bond motifs is 2. The smallest absolute Gasteiger partial charge is 0.329 e. The molecule has 25 heavy (non-hydrogen) atoms. The molecule has 3 aliphatic heterocycles. The third-order valence-electron chi connectivity index (χ3n) is 4.30. The van der Waals surface area contributed by atoms with Gasteiger partial charge in [0.2, 0.25) is 5.96 Å². The molecule has 4 N–H and O–H groups in total. The van der Waals surface area contributed by atoms with Gasteiger partial charge < -0.3 is 29.9 Å². The number of nitrogens with zero attached hydrogens (tertiary/aromatic N) is 4. The van der Waals surface area contributed by atoms with Gasteiger partial charge in [-0.05, 0) is 0 Å². The largest absolute Gasteiger partial charge is 0.394 e. The summed E-state index contributed by atoms with van der Waals surface area (Å²) in [5.41, 5.74) is 0.0468. The molecule has 1 aromatic heterocycles. The number of hydrogen-bond acceptors (Lipinski definition) is 9. The van der Waals surface area contributed by atoms with Crippen LogP contribution in [-0.4, -0.2) is 73.5 Å². The number of guanidine groups is 1. The summed E-state index contributed by atoms with van der Waals surface area (Å²) in [6.07, 6.45) is -1.28. The van der Waals surface area contributed by atoms with Crippen LogP contribution in [-0.2, 0) is 9.53 Å². The van der Waals surface area contributed by atoms with E-state index in [1.807, 2.05) is 0 Å². The molecule has 0 saturated carbocycles. The molecule has 0 unspecified atom stereocenters. The van der Waals surface area contributed by atoms with Crippen molar-refractivity contribution in [3.8, 4) is 0 Å². The predicted octanol–water partition coefficient (Wildman–Crippen LogP) is -4.09. The maximum absolute atomic E-state index is 12.3. The van der Waals surface area contributed by atoms with Crippen molar-refractivity contribution in [2.24, 2.45) is 9.98 Å². The van der Waals surface area contributed by atoms with Gasteiger partial charge in [-0.2, -0.15) is 4.99 Å². The first kappa shape index (κ1) is 15.9. The molecule has 4 heterocycles. The lowest BCUT2D eigenvalue weighted by Gasteiger charge is -2.23. The summed E-state index contributed by atoms with van der Waals surface area (Å²) < 4.78 is 6.48. The van der Waals surface area contributed by atoms with Gasteiger partial charge in [-0.3, -0.25) is 4.79 Å². The number of aromatic nitrogens is 2. The Bertz CT molecular complexity index is 959. The zero-order chi connectivity index (χ0) is 17.7. The van der Waals surface area contributed by atoms with E-state index in [0.29, 0.717) is 17.2 Å². The quantitative estimate of drug-likeness (QED) is 0.405. The molecular weight excluding hydrogens is 334 g/mol. The van der Waals surface area contributed by atoms with Crippen molar-refractivity contribution in [2.75, 3.05) is 13.2 Å². The summed E-state index contributed by atoms with van der Waals surface area (Å²) in [5, 5.41) is 29.6. The maximum atomic E-state index is 12.3. The van der Waals surface area contributed by atoms with Gasteiger partial charge in [0.1, 0.15) is 29.9 Å². The number of aliphatic hydroxyl groups excluding tert-OH is 3. The highest BCUT2D eigenvalue weighted by Crippen LogP contribution is 2.27. The van der Waals surface area contributed by atoms with E-state index < -0.39 is 36.8 Å². The summed E-state index contributed by atoms with van der Waals surface area (Å²) in [6, 6.07) is 0. The Hall–Kier alpha value is -2.60. The predicted molar refractivity (Wildman–Crippen MR) is 81.6 cm³/mol. The highest BCUT2D eigenvalue weighted by atomic mass is 16.6. The summed E-state index contributed by atoms with van der Waals surface area (Å²) in [7, 11) is 0. The molecule has 11 heteroatoms. The molecule has 4 rings (SSSR count). The van der Waals surface area contributed by atoms with Gasteiger partial charge in [0, 0.05) is 18.0 Å². The van der Waals surface area contributed by atoms with E-state index in [2.05, 4.69) is 15.0 Å². The van der Waals surface area contributed by atoms with E-state index in [-0.39, 0.29) is 18.0 Å². The highest BCUT2D eigenvalue weighted by Gasteiger charge is 2.44. The number of carbonyl (C=O) groups is 1. The first-order valence-electron chi connectivity index (χ1n) is 7.55. The van der Waals surface area contributed by atoms with Crippen LogP contribution in [0.5, 0.6) is 0 Å². The average Bonchev–Trinajstić information content (AvgIpc) is 3.08. The molecule has 0 spiro atoms. The van der Waals surface area contributed by atoms with Crippen molar-refractivity contribution in [3.63, 3.8) is 0 Å². The van der Waals surface area contributed by atoms with Crippen molar-refractivity contribution in [1.82, 2.24) is 14.5 Å². The minimum absolute atomic E-state index is 0.179. The van der Waals surface area contributed by atoms with Gasteiger partial charge in [-0.1, -0.05) is 0 Å². The molecule has 3 aliphatic rings. The van der Waals surface area contributed by atoms with Gasteiger partial charge in [-0.25, -0.2) is 14.4 Å². The number of H-pyrrole nitrogens is 1. The number of nitrogens with one attached hydrogen (secondary N) is 1. The first-order chi connectivity index (χ1) is 12.0. The third kappa shape index (κ3) is 2.36. The Morgan fingerprint density at radius 2 is 2.20 bits per heavy atom. The van der Waals surface area contributed by atoms with Gasteiger partial charge >= 0.3 is 5.69 Å². The second kappa shape index (κ2) is 5.74. The van der Waals surface area contributed by atoms with E-state index in [4.69, 9.17) is 4.74 Å². The van der Waals surface area contributed by atoms with Gasteiger partial charge in [-0.15, -0.1) is 0 Å². The Balaban J connectivity index is 1.83. The van der Waals surface area contributed by atoms with Crippen molar-refractivity contribution in [1.29, 1.82) is 0 Å². The number of hydrogen-bond donors (Lipinski definition) is 4. The van der Waals surface area contributed by atoms with E-state index in [9.17, 15) is 24.9 Å². The number of ether oxygens (including phenoxy) is 1. The van der Waals surface area contributed by atoms with Crippen LogP contribution in [0.3, 0.4) is 0 Å². The topological polar surface area (TPSA) is 153 Å². The van der Waals surface area contributed by atoms with Crippen molar-refractivity contribution in [2.45, 2.75) is 24.5 Å². The molecule has 11 nitrogen and oxygen atoms in total. The van der Waals surface area contributed by atoms with Crippen LogP contribution in [0, 0.1) is 0 Å². The van der Waals surface area contributed by atoms with Crippen LogP contribution in [0.15, 0.2) is 26.6 Å². The van der Waals surface area contributed by atoms with Crippen molar-refractivity contribution >= 4 is 18.4 Å². The Morgan fingerprint density at radius 3 is 2.88 bits per heavy atom. The molecule has 0 amide bonds. The van der Waals surface area contributed by atoms with Crippen LogP contribution in [0.2, 0.25) is 0 Å². The average molecular weight is 349 g/mol. The van der Waals surface area contributed by atoms with E-state index in [1.54, 1.807) is 11.1 Å². The SMILES string of the molecule is O=CC1=CN=C2N=c3c([nH]c(=O)n3[C@@H]3O[C@H](CO)[C@@H](O)[C@H]3O)=CN2C1. The van der Waals surface area contributed by atoms with Crippen LogP contribution in [0.1, 0.15) is 6.23 Å². The molecule has 0 aliphatic carbocycles. The molecule has 1 saturated heterocycles. The van der Waals surface area contributed by atoms with Crippen LogP contribution >= 0.6 is 0 Å². The van der Waals surface area contributed by atoms with Gasteiger partial charge in [0.15, 0.2) is 11.7 Å². The minimum Gasteiger partial charge on any atom is -0.394 e. The molecule has 0 radical (unpaired) electrons. The molecule has 132 valence electrons. The highest BCUT2D eigenvalue weighted by molar-refractivity contribution is 5.89. The van der Waals surface area contributed by atoms with E-state index >= 15 is 0 Å². The van der Waals surface area contributed by atoms with Crippen LogP contribution in [0.4, 0.5) is 0 Å². The van der Waals surface area contributed by atoms with Gasteiger partial charge in [0.05, 0.1) is 13.2 Å². The summed E-state index contributed by atoms with van der Waals surface area (Å²) in [5.74, 6) is 0.276. The molecular formula is C14H15N5O6. The number of carbonyl (C=O) groups excluding carboxylic acids is 1. The first-order valence-corrected chi connectivity index (χ1v) is 7.55. The minimum atomic E-state index is -1.40. The molecule has 0 aromatic carbocycles. The van der Waals surface area contributed by atoms with Crippen molar-refractivity contribution < 1.29 is 24.9 Å². The number of aliphatic imine (C=N–C) groups is 1. The van der Waals surface area contributed by atoms with Crippen LogP contribution in [0.25, 0.3) is 6.20 Å². The summed E-state index contributed by atoms with van der Waals surface area (Å²) in [6.45, 7) is -0.231. The standard InChI is InChI=1S/C14H15N5O6/c20-4-6-1-15-13-17-11-7(3-18(13)2-6)16-14(24)19(11)12-10(23)9(22)8(5-21)25-12/h1,3-4,8-10,12,21-23H,2,5H2,(H,16,24)/t8-,9-,10-,12-/m1/s1. The fourth-order valence-electron chi connectivity index (χ4n) is 3.03. The maximum Gasteiger partial charge on any atom is 0.329 e. The second-order valence-electron chi connectivity index (χ2n) is 5.89. The lowest BCUT2D eigenvalue weighted by Crippen LogP contribution is -2.46. The normalized spacial score (nSPS) is 30.6. The third-order valence-corrected chi connectivity index (χ3v) is 4.30. The zero-order valence-corrected chi connectivity index (χ0v) is 12.8.